The van der Waals surface area contributed by atoms with Crippen molar-refractivity contribution in [3.8, 4) is 0 Å². The molecular formula is C16H19NOS. The van der Waals surface area contributed by atoms with Gasteiger partial charge in [-0.15, -0.1) is 0 Å². The molecule has 100 valence electrons. The third-order valence-corrected chi connectivity index (χ3v) is 4.38. The Bertz CT molecular complexity index is 556. The van der Waals surface area contributed by atoms with Crippen LogP contribution in [0.5, 0.6) is 0 Å². The Kier molecular flexibility index (Phi) is 4.15. The molecule has 0 amide bonds. The number of aromatic nitrogens is 1. The molecule has 0 aliphatic heterocycles. The zero-order valence-electron chi connectivity index (χ0n) is 11.6. The highest BCUT2D eigenvalue weighted by molar-refractivity contribution is 7.84. The van der Waals surface area contributed by atoms with E-state index in [1.165, 1.54) is 5.56 Å². The van der Waals surface area contributed by atoms with Crippen molar-refractivity contribution in [1.82, 2.24) is 4.98 Å². The molecule has 0 aliphatic rings. The van der Waals surface area contributed by atoms with Gasteiger partial charge in [-0.2, -0.15) is 0 Å². The first-order valence-corrected chi connectivity index (χ1v) is 7.66. The van der Waals surface area contributed by atoms with Crippen LogP contribution in [0.1, 0.15) is 31.9 Å². The van der Waals surface area contributed by atoms with Crippen molar-refractivity contribution < 1.29 is 4.21 Å². The first-order chi connectivity index (χ1) is 8.97. The lowest BCUT2D eigenvalue weighted by molar-refractivity contribution is 0.590. The topological polar surface area (TPSA) is 30.0 Å². The molecule has 1 atom stereocenters. The summed E-state index contributed by atoms with van der Waals surface area (Å²) >= 11 is 0. The van der Waals surface area contributed by atoms with Crippen molar-refractivity contribution in [3.05, 3.63) is 59.9 Å². The van der Waals surface area contributed by atoms with Crippen molar-refractivity contribution in [1.29, 1.82) is 0 Å². The van der Waals surface area contributed by atoms with Gasteiger partial charge in [-0.05, 0) is 28.7 Å². The molecule has 1 unspecified atom stereocenters. The summed E-state index contributed by atoms with van der Waals surface area (Å²) < 4.78 is 12.2. The van der Waals surface area contributed by atoms with Crippen LogP contribution in [0.25, 0.3) is 0 Å². The number of hydrogen-bond donors (Lipinski definition) is 0. The van der Waals surface area contributed by atoms with Crippen molar-refractivity contribution in [2.24, 2.45) is 0 Å². The number of hydrogen-bond acceptors (Lipinski definition) is 2. The molecule has 1 aromatic heterocycles. The van der Waals surface area contributed by atoms with Gasteiger partial charge in [-0.25, -0.2) is 0 Å². The molecule has 0 bridgehead atoms. The van der Waals surface area contributed by atoms with Crippen molar-refractivity contribution in [2.45, 2.75) is 36.8 Å². The zero-order valence-corrected chi connectivity index (χ0v) is 12.4. The Morgan fingerprint density at radius 3 is 2.32 bits per heavy atom. The molecule has 3 heteroatoms. The van der Waals surface area contributed by atoms with Gasteiger partial charge in [0.1, 0.15) is 0 Å². The van der Waals surface area contributed by atoms with E-state index in [1.54, 1.807) is 12.4 Å². The first-order valence-electron chi connectivity index (χ1n) is 6.34. The van der Waals surface area contributed by atoms with Crippen LogP contribution in [0, 0.1) is 0 Å². The normalized spacial score (nSPS) is 13.2. The van der Waals surface area contributed by atoms with Gasteiger partial charge in [-0.3, -0.25) is 9.19 Å². The maximum Gasteiger partial charge on any atom is 0.0589 e. The first kappa shape index (κ1) is 13.9. The summed E-state index contributed by atoms with van der Waals surface area (Å²) in [5.41, 5.74) is 2.54. The van der Waals surface area contributed by atoms with Crippen LogP contribution >= 0.6 is 0 Å². The predicted molar refractivity (Wildman–Crippen MR) is 79.5 cm³/mol. The Morgan fingerprint density at radius 1 is 1.11 bits per heavy atom. The number of benzene rings is 1. The van der Waals surface area contributed by atoms with Crippen LogP contribution in [0.4, 0.5) is 0 Å². The lowest BCUT2D eigenvalue weighted by Gasteiger charge is -2.19. The summed E-state index contributed by atoms with van der Waals surface area (Å²) in [5, 5.41) is 0. The third kappa shape index (κ3) is 3.74. The molecule has 1 aromatic carbocycles. The van der Waals surface area contributed by atoms with Gasteiger partial charge in [0.15, 0.2) is 0 Å². The van der Waals surface area contributed by atoms with E-state index >= 15 is 0 Å². The predicted octanol–water partition coefficient (Wildman–Crippen LogP) is 3.69. The van der Waals surface area contributed by atoms with Gasteiger partial charge in [0, 0.05) is 12.4 Å². The van der Waals surface area contributed by atoms with E-state index in [9.17, 15) is 4.21 Å². The molecule has 0 saturated heterocycles. The van der Waals surface area contributed by atoms with Crippen LogP contribution in [-0.4, -0.2) is 9.19 Å². The summed E-state index contributed by atoms with van der Waals surface area (Å²) in [6.45, 7) is 6.57. The number of nitrogens with zero attached hydrogens (tertiary/aromatic N) is 1. The van der Waals surface area contributed by atoms with E-state index in [-0.39, 0.29) is 5.41 Å². The lowest BCUT2D eigenvalue weighted by atomic mass is 9.87. The fourth-order valence-electron chi connectivity index (χ4n) is 1.82. The Labute approximate surface area is 117 Å². The molecule has 2 nitrogen and oxygen atoms in total. The van der Waals surface area contributed by atoms with Gasteiger partial charge >= 0.3 is 0 Å². The highest BCUT2D eigenvalue weighted by atomic mass is 32.2. The maximum absolute atomic E-state index is 12.2. The van der Waals surface area contributed by atoms with E-state index in [1.807, 2.05) is 12.1 Å². The third-order valence-electron chi connectivity index (χ3n) is 3.02. The maximum atomic E-state index is 12.2. The van der Waals surface area contributed by atoms with Gasteiger partial charge in [0.25, 0.3) is 0 Å². The average Bonchev–Trinajstić information content (AvgIpc) is 2.39. The SMILES string of the molecule is CC(C)(C)c1ccc(CS(=O)c2cccnc2)cc1. The minimum absolute atomic E-state index is 0.154. The van der Waals surface area contributed by atoms with Crippen LogP contribution in [0.15, 0.2) is 53.7 Å². The summed E-state index contributed by atoms with van der Waals surface area (Å²) in [6.07, 6.45) is 3.36. The molecule has 1 heterocycles. The van der Waals surface area contributed by atoms with Crippen molar-refractivity contribution in [2.75, 3.05) is 0 Å². The van der Waals surface area contributed by atoms with E-state index in [4.69, 9.17) is 0 Å². The van der Waals surface area contributed by atoms with E-state index in [2.05, 4.69) is 50.0 Å². The highest BCUT2D eigenvalue weighted by Gasteiger charge is 2.13. The molecule has 0 aliphatic carbocycles. The summed E-state index contributed by atoms with van der Waals surface area (Å²) in [7, 11) is -1.02. The second-order valence-corrected chi connectivity index (χ2v) is 7.08. The van der Waals surface area contributed by atoms with Gasteiger partial charge in [-0.1, -0.05) is 45.0 Å². The number of pyridine rings is 1. The Morgan fingerprint density at radius 2 is 1.79 bits per heavy atom. The summed E-state index contributed by atoms with van der Waals surface area (Å²) in [4.78, 5) is 4.78. The minimum atomic E-state index is -1.02. The van der Waals surface area contributed by atoms with Crippen molar-refractivity contribution >= 4 is 10.8 Å². The fourth-order valence-corrected chi connectivity index (χ4v) is 2.89. The highest BCUT2D eigenvalue weighted by Crippen LogP contribution is 2.22. The van der Waals surface area contributed by atoms with Gasteiger partial charge in [0.05, 0.1) is 21.4 Å². The summed E-state index contributed by atoms with van der Waals surface area (Å²) in [6, 6.07) is 12.0. The minimum Gasteiger partial charge on any atom is -0.263 e. The Hall–Kier alpha value is -1.48. The second kappa shape index (κ2) is 5.66. The zero-order chi connectivity index (χ0) is 13.9. The quantitative estimate of drug-likeness (QED) is 0.853. The molecule has 0 fully saturated rings. The molecule has 2 rings (SSSR count). The number of rotatable bonds is 3. The molecular weight excluding hydrogens is 254 g/mol. The molecule has 0 saturated carbocycles. The second-order valence-electron chi connectivity index (χ2n) is 5.63. The van der Waals surface area contributed by atoms with Crippen LogP contribution in [0.2, 0.25) is 0 Å². The van der Waals surface area contributed by atoms with Crippen LogP contribution < -0.4 is 0 Å². The van der Waals surface area contributed by atoms with Gasteiger partial charge < -0.3 is 0 Å². The lowest BCUT2D eigenvalue weighted by Crippen LogP contribution is -2.10. The monoisotopic (exact) mass is 273 g/mol. The molecule has 0 N–H and O–H groups in total. The van der Waals surface area contributed by atoms with Crippen LogP contribution in [0.3, 0.4) is 0 Å². The summed E-state index contributed by atoms with van der Waals surface area (Å²) in [5.74, 6) is 0.538. The van der Waals surface area contributed by atoms with E-state index < -0.39 is 10.8 Å². The standard InChI is InChI=1S/C16H19NOS/c1-16(2,3)14-8-6-13(7-9-14)12-19(18)15-5-4-10-17-11-15/h4-11H,12H2,1-3H3. The Balaban J connectivity index is 2.10. The van der Waals surface area contributed by atoms with E-state index in [0.717, 1.165) is 10.5 Å². The van der Waals surface area contributed by atoms with Crippen LogP contribution in [-0.2, 0) is 22.0 Å². The average molecular weight is 273 g/mol. The van der Waals surface area contributed by atoms with Gasteiger partial charge in [0.2, 0.25) is 0 Å². The molecule has 0 radical (unpaired) electrons. The van der Waals surface area contributed by atoms with E-state index in [0.29, 0.717) is 5.75 Å². The smallest absolute Gasteiger partial charge is 0.0589 e. The fraction of sp³-hybridized carbons (Fsp3) is 0.312. The molecule has 2 aromatic rings. The van der Waals surface area contributed by atoms with Crippen molar-refractivity contribution in [3.63, 3.8) is 0 Å². The largest absolute Gasteiger partial charge is 0.263 e. The molecule has 19 heavy (non-hydrogen) atoms. The molecule has 0 spiro atoms.